The highest BCUT2D eigenvalue weighted by Crippen LogP contribution is 2.25. The van der Waals surface area contributed by atoms with Gasteiger partial charge in [-0.25, -0.2) is 0 Å². The van der Waals surface area contributed by atoms with Gasteiger partial charge >= 0.3 is 0 Å². The Morgan fingerprint density at radius 3 is 2.56 bits per heavy atom. The third-order valence-electron chi connectivity index (χ3n) is 3.00. The van der Waals surface area contributed by atoms with Gasteiger partial charge in [-0.05, 0) is 45.5 Å². The van der Waals surface area contributed by atoms with Crippen LogP contribution in [0.15, 0.2) is 22.7 Å². The smallest absolute Gasteiger partial charge is 0.0548 e. The Kier molecular flexibility index (Phi) is 6.12. The predicted molar refractivity (Wildman–Crippen MR) is 80.9 cm³/mol. The van der Waals surface area contributed by atoms with Crippen LogP contribution in [-0.4, -0.2) is 17.8 Å². The van der Waals surface area contributed by atoms with Crippen LogP contribution in [0.2, 0.25) is 5.02 Å². The molecule has 2 nitrogen and oxygen atoms in total. The van der Waals surface area contributed by atoms with Crippen LogP contribution < -0.4 is 5.32 Å². The molecule has 18 heavy (non-hydrogen) atoms. The first-order valence-corrected chi connectivity index (χ1v) is 7.30. The molecular formula is C14H21BrClNO. The summed E-state index contributed by atoms with van der Waals surface area (Å²) in [7, 11) is 0. The first-order chi connectivity index (χ1) is 8.34. The van der Waals surface area contributed by atoms with Crippen molar-refractivity contribution in [1.82, 2.24) is 5.32 Å². The van der Waals surface area contributed by atoms with Crippen LogP contribution in [-0.2, 0) is 6.54 Å². The van der Waals surface area contributed by atoms with E-state index in [2.05, 4.69) is 42.0 Å². The second-order valence-corrected chi connectivity index (χ2v) is 6.82. The van der Waals surface area contributed by atoms with Gasteiger partial charge in [0.25, 0.3) is 0 Å². The van der Waals surface area contributed by atoms with Gasteiger partial charge in [-0.15, -0.1) is 0 Å². The number of benzene rings is 1. The van der Waals surface area contributed by atoms with Crippen molar-refractivity contribution in [1.29, 1.82) is 0 Å². The second-order valence-electron chi connectivity index (χ2n) is 5.56. The van der Waals surface area contributed by atoms with Crippen molar-refractivity contribution in [3.63, 3.8) is 0 Å². The van der Waals surface area contributed by atoms with Gasteiger partial charge in [0.05, 0.1) is 5.02 Å². The zero-order chi connectivity index (χ0) is 13.8. The van der Waals surface area contributed by atoms with Crippen molar-refractivity contribution in [2.75, 3.05) is 6.61 Å². The van der Waals surface area contributed by atoms with Crippen LogP contribution in [0, 0.1) is 5.41 Å². The van der Waals surface area contributed by atoms with E-state index in [0.717, 1.165) is 22.5 Å². The van der Waals surface area contributed by atoms with E-state index in [0.29, 0.717) is 0 Å². The first kappa shape index (κ1) is 16.0. The van der Waals surface area contributed by atoms with Crippen LogP contribution in [0.1, 0.15) is 32.8 Å². The summed E-state index contributed by atoms with van der Waals surface area (Å²) in [5, 5.41) is 13.3. The van der Waals surface area contributed by atoms with Crippen LogP contribution in [0.5, 0.6) is 0 Å². The molecule has 2 N–H and O–H groups in total. The van der Waals surface area contributed by atoms with Gasteiger partial charge in [-0.2, -0.15) is 0 Å². The minimum Gasteiger partial charge on any atom is -0.396 e. The molecule has 102 valence electrons. The SMILES string of the molecule is CC(C)(C)C(CCO)NCc1ccc(Cl)c(Br)c1. The molecule has 0 saturated heterocycles. The Hall–Kier alpha value is -0.0900. The molecule has 0 saturated carbocycles. The van der Waals surface area contributed by atoms with E-state index in [9.17, 15) is 0 Å². The summed E-state index contributed by atoms with van der Waals surface area (Å²) in [4.78, 5) is 0. The zero-order valence-corrected chi connectivity index (χ0v) is 13.5. The van der Waals surface area contributed by atoms with E-state index in [1.165, 1.54) is 5.56 Å². The van der Waals surface area contributed by atoms with Crippen LogP contribution in [0.4, 0.5) is 0 Å². The summed E-state index contributed by atoms with van der Waals surface area (Å²) in [6, 6.07) is 6.21. The summed E-state index contributed by atoms with van der Waals surface area (Å²) in [6.45, 7) is 7.52. The van der Waals surface area contributed by atoms with Crippen molar-refractivity contribution in [3.8, 4) is 0 Å². The Balaban J connectivity index is 2.64. The highest BCUT2D eigenvalue weighted by atomic mass is 79.9. The average molecular weight is 335 g/mol. The molecule has 0 aliphatic heterocycles. The third kappa shape index (κ3) is 4.88. The van der Waals surface area contributed by atoms with Crippen molar-refractivity contribution >= 4 is 27.5 Å². The average Bonchev–Trinajstić information content (AvgIpc) is 2.27. The fraction of sp³-hybridized carbons (Fsp3) is 0.571. The Bertz CT molecular complexity index is 390. The minimum atomic E-state index is 0.131. The molecule has 1 atom stereocenters. The van der Waals surface area contributed by atoms with E-state index < -0.39 is 0 Å². The van der Waals surface area contributed by atoms with Gasteiger partial charge in [0.2, 0.25) is 0 Å². The maximum Gasteiger partial charge on any atom is 0.0548 e. The molecule has 0 radical (unpaired) electrons. The predicted octanol–water partition coefficient (Wildman–Crippen LogP) is 3.99. The number of aliphatic hydroxyl groups excluding tert-OH is 1. The number of halogens is 2. The standard InChI is InChI=1S/C14H21BrClNO/c1-14(2,3)13(6-7-18)17-9-10-4-5-12(16)11(15)8-10/h4-5,8,13,17-18H,6-7,9H2,1-3H3. The largest absolute Gasteiger partial charge is 0.396 e. The number of aliphatic hydroxyl groups is 1. The number of hydrogen-bond donors (Lipinski definition) is 2. The van der Waals surface area contributed by atoms with Gasteiger partial charge in [0.15, 0.2) is 0 Å². The Labute approximate surface area is 123 Å². The molecule has 4 heteroatoms. The van der Waals surface area contributed by atoms with Crippen molar-refractivity contribution in [2.45, 2.75) is 39.8 Å². The fourth-order valence-electron chi connectivity index (χ4n) is 1.86. The molecule has 0 aromatic heterocycles. The second kappa shape index (κ2) is 6.90. The molecule has 1 rings (SSSR count). The van der Waals surface area contributed by atoms with Crippen molar-refractivity contribution in [2.24, 2.45) is 5.41 Å². The van der Waals surface area contributed by atoms with Gasteiger partial charge in [0.1, 0.15) is 0 Å². The van der Waals surface area contributed by atoms with Gasteiger partial charge in [-0.1, -0.05) is 38.4 Å². The highest BCUT2D eigenvalue weighted by Gasteiger charge is 2.23. The first-order valence-electron chi connectivity index (χ1n) is 6.12. The molecule has 1 aromatic rings. The van der Waals surface area contributed by atoms with E-state index in [-0.39, 0.29) is 18.1 Å². The molecular weight excluding hydrogens is 314 g/mol. The summed E-state index contributed by atoms with van der Waals surface area (Å²) >= 11 is 9.39. The molecule has 0 spiro atoms. The molecule has 0 fully saturated rings. The van der Waals surface area contributed by atoms with E-state index >= 15 is 0 Å². The number of nitrogens with one attached hydrogen (secondary N) is 1. The topological polar surface area (TPSA) is 32.3 Å². The maximum atomic E-state index is 9.11. The van der Waals surface area contributed by atoms with Gasteiger partial charge in [-0.3, -0.25) is 0 Å². The lowest BCUT2D eigenvalue weighted by molar-refractivity contribution is 0.196. The Morgan fingerprint density at radius 2 is 2.06 bits per heavy atom. The van der Waals surface area contributed by atoms with E-state index in [1.807, 2.05) is 18.2 Å². The molecule has 0 heterocycles. The van der Waals surface area contributed by atoms with E-state index in [1.54, 1.807) is 0 Å². The lowest BCUT2D eigenvalue weighted by Crippen LogP contribution is -2.40. The fourth-order valence-corrected chi connectivity index (χ4v) is 2.40. The quantitative estimate of drug-likeness (QED) is 0.853. The monoisotopic (exact) mass is 333 g/mol. The summed E-state index contributed by atoms with van der Waals surface area (Å²) in [5.41, 5.74) is 1.31. The molecule has 0 aliphatic rings. The Morgan fingerprint density at radius 1 is 1.39 bits per heavy atom. The van der Waals surface area contributed by atoms with Crippen molar-refractivity contribution < 1.29 is 5.11 Å². The number of rotatable bonds is 5. The molecule has 0 amide bonds. The van der Waals surface area contributed by atoms with Gasteiger partial charge in [0, 0.05) is 23.7 Å². The van der Waals surface area contributed by atoms with Crippen LogP contribution >= 0.6 is 27.5 Å². The van der Waals surface area contributed by atoms with Crippen molar-refractivity contribution in [3.05, 3.63) is 33.3 Å². The molecule has 0 aliphatic carbocycles. The van der Waals surface area contributed by atoms with Crippen LogP contribution in [0.3, 0.4) is 0 Å². The normalized spacial score (nSPS) is 13.7. The number of hydrogen-bond acceptors (Lipinski definition) is 2. The zero-order valence-electron chi connectivity index (χ0n) is 11.1. The lowest BCUT2D eigenvalue weighted by Gasteiger charge is -2.31. The van der Waals surface area contributed by atoms with Crippen LogP contribution in [0.25, 0.3) is 0 Å². The highest BCUT2D eigenvalue weighted by molar-refractivity contribution is 9.10. The maximum absolute atomic E-state index is 9.11. The lowest BCUT2D eigenvalue weighted by atomic mass is 9.85. The molecule has 1 unspecified atom stereocenters. The molecule has 0 bridgehead atoms. The van der Waals surface area contributed by atoms with E-state index in [4.69, 9.17) is 16.7 Å². The van der Waals surface area contributed by atoms with Gasteiger partial charge < -0.3 is 10.4 Å². The minimum absolute atomic E-state index is 0.131. The molecule has 1 aromatic carbocycles. The summed E-state index contributed by atoms with van der Waals surface area (Å²) in [6.07, 6.45) is 0.762. The summed E-state index contributed by atoms with van der Waals surface area (Å²) < 4.78 is 0.915. The third-order valence-corrected chi connectivity index (χ3v) is 4.21. The summed E-state index contributed by atoms with van der Waals surface area (Å²) in [5.74, 6) is 0.